The van der Waals surface area contributed by atoms with E-state index in [1.807, 2.05) is 31.3 Å². The Labute approximate surface area is 98.6 Å². The molecule has 4 nitrogen and oxygen atoms in total. The molecule has 0 fully saturated rings. The van der Waals surface area contributed by atoms with Gasteiger partial charge in [-0.05, 0) is 24.6 Å². The van der Waals surface area contributed by atoms with Crippen LogP contribution in [0.2, 0.25) is 0 Å². The Balaban J connectivity index is 2.25. The van der Waals surface area contributed by atoms with Crippen LogP contribution in [0.15, 0.2) is 34.7 Å². The van der Waals surface area contributed by atoms with Crippen LogP contribution in [-0.4, -0.2) is 9.78 Å². The number of nitrogen functional groups attached to an aromatic ring is 1. The lowest BCUT2D eigenvalue weighted by atomic mass is 10.1. The molecule has 2 heterocycles. The average molecular weight is 227 g/mol. The number of hydrogen-bond acceptors (Lipinski definition) is 3. The summed E-state index contributed by atoms with van der Waals surface area (Å²) in [6.07, 6.45) is 0. The largest absolute Gasteiger partial charge is 0.454 e. The Morgan fingerprint density at radius 3 is 2.76 bits per heavy atom. The first-order valence-corrected chi connectivity index (χ1v) is 5.44. The van der Waals surface area contributed by atoms with Crippen LogP contribution in [0.5, 0.6) is 0 Å². The summed E-state index contributed by atoms with van der Waals surface area (Å²) in [7, 11) is 1.85. The van der Waals surface area contributed by atoms with Gasteiger partial charge in [0.1, 0.15) is 17.1 Å². The molecule has 17 heavy (non-hydrogen) atoms. The van der Waals surface area contributed by atoms with Crippen molar-refractivity contribution >= 4 is 16.8 Å². The number of rotatable bonds is 1. The summed E-state index contributed by atoms with van der Waals surface area (Å²) in [5.41, 5.74) is 8.64. The maximum Gasteiger partial charge on any atom is 0.153 e. The van der Waals surface area contributed by atoms with Crippen molar-refractivity contribution < 1.29 is 4.42 Å². The second kappa shape index (κ2) is 3.38. The van der Waals surface area contributed by atoms with Crippen molar-refractivity contribution in [2.45, 2.75) is 6.92 Å². The maximum absolute atomic E-state index is 5.81. The summed E-state index contributed by atoms with van der Waals surface area (Å²) < 4.78 is 7.54. The predicted octanol–water partition coefficient (Wildman–Crippen LogP) is 2.72. The van der Waals surface area contributed by atoms with Crippen LogP contribution >= 0.6 is 0 Å². The molecule has 1 aromatic carbocycles. The van der Waals surface area contributed by atoms with Gasteiger partial charge in [0.2, 0.25) is 0 Å². The number of aromatic nitrogens is 2. The molecule has 3 aromatic rings. The Kier molecular flexibility index (Phi) is 1.98. The molecule has 0 amide bonds. The van der Waals surface area contributed by atoms with Gasteiger partial charge in [-0.2, -0.15) is 5.10 Å². The Hall–Kier alpha value is -2.23. The van der Waals surface area contributed by atoms with E-state index in [-0.39, 0.29) is 0 Å². The smallest absolute Gasteiger partial charge is 0.153 e. The number of benzene rings is 1. The summed E-state index contributed by atoms with van der Waals surface area (Å²) in [6, 6.07) is 9.86. The van der Waals surface area contributed by atoms with Crippen molar-refractivity contribution in [2.75, 3.05) is 5.73 Å². The van der Waals surface area contributed by atoms with E-state index in [2.05, 4.69) is 18.1 Å². The first-order chi connectivity index (χ1) is 8.15. The molecule has 0 atom stereocenters. The number of fused-ring (bicyclic) bond motifs is 1. The molecule has 0 bridgehead atoms. The topological polar surface area (TPSA) is 57.0 Å². The lowest BCUT2D eigenvalue weighted by molar-refractivity contribution is 0.618. The highest BCUT2D eigenvalue weighted by Crippen LogP contribution is 2.29. The van der Waals surface area contributed by atoms with Crippen LogP contribution in [0.1, 0.15) is 5.56 Å². The average Bonchev–Trinajstić information content (AvgIpc) is 2.82. The molecule has 86 valence electrons. The fourth-order valence-electron chi connectivity index (χ4n) is 2.05. The van der Waals surface area contributed by atoms with Crippen molar-refractivity contribution in [1.29, 1.82) is 0 Å². The molecule has 2 N–H and O–H groups in total. The van der Waals surface area contributed by atoms with Gasteiger partial charge in [-0.25, -0.2) is 0 Å². The first kappa shape index (κ1) is 9.96. The van der Waals surface area contributed by atoms with E-state index in [0.717, 1.165) is 22.4 Å². The third kappa shape index (κ3) is 1.49. The minimum Gasteiger partial charge on any atom is -0.454 e. The van der Waals surface area contributed by atoms with Crippen LogP contribution in [0.4, 0.5) is 5.82 Å². The summed E-state index contributed by atoms with van der Waals surface area (Å²) in [4.78, 5) is 0. The van der Waals surface area contributed by atoms with Gasteiger partial charge in [-0.15, -0.1) is 0 Å². The molecule has 0 unspecified atom stereocenters. The Morgan fingerprint density at radius 1 is 1.29 bits per heavy atom. The normalized spacial score (nSPS) is 11.2. The third-order valence-electron chi connectivity index (χ3n) is 2.93. The minimum atomic E-state index is 0.500. The highest BCUT2D eigenvalue weighted by atomic mass is 16.3. The number of hydrogen-bond donors (Lipinski definition) is 1. The van der Waals surface area contributed by atoms with Crippen LogP contribution in [0.3, 0.4) is 0 Å². The summed E-state index contributed by atoms with van der Waals surface area (Å²) >= 11 is 0. The fraction of sp³-hybridized carbons (Fsp3) is 0.154. The van der Waals surface area contributed by atoms with E-state index in [4.69, 9.17) is 10.2 Å². The number of nitrogens with zero attached hydrogens (tertiary/aromatic N) is 2. The lowest BCUT2D eigenvalue weighted by Gasteiger charge is -1.94. The van der Waals surface area contributed by atoms with E-state index < -0.39 is 0 Å². The third-order valence-corrected chi connectivity index (χ3v) is 2.93. The van der Waals surface area contributed by atoms with Crippen molar-refractivity contribution in [1.82, 2.24) is 9.78 Å². The molecule has 0 saturated carbocycles. The fourth-order valence-corrected chi connectivity index (χ4v) is 2.05. The summed E-state index contributed by atoms with van der Waals surface area (Å²) in [5, 5.41) is 5.24. The summed E-state index contributed by atoms with van der Waals surface area (Å²) in [5.74, 6) is 1.29. The molecule has 0 aliphatic carbocycles. The second-order valence-corrected chi connectivity index (χ2v) is 4.18. The summed E-state index contributed by atoms with van der Waals surface area (Å²) in [6.45, 7) is 2.07. The molecule has 0 aliphatic heterocycles. The van der Waals surface area contributed by atoms with E-state index in [1.165, 1.54) is 5.56 Å². The Morgan fingerprint density at radius 2 is 2.12 bits per heavy atom. The van der Waals surface area contributed by atoms with Gasteiger partial charge in [0, 0.05) is 18.5 Å². The zero-order chi connectivity index (χ0) is 12.0. The van der Waals surface area contributed by atoms with E-state index in [0.29, 0.717) is 5.82 Å². The van der Waals surface area contributed by atoms with E-state index in [1.54, 1.807) is 4.68 Å². The molecule has 2 aromatic heterocycles. The molecule has 0 saturated heterocycles. The van der Waals surface area contributed by atoms with Crippen molar-refractivity contribution in [3.8, 4) is 11.5 Å². The maximum atomic E-state index is 5.81. The van der Waals surface area contributed by atoms with E-state index in [9.17, 15) is 0 Å². The monoisotopic (exact) mass is 227 g/mol. The molecule has 0 spiro atoms. The zero-order valence-corrected chi connectivity index (χ0v) is 9.77. The molecule has 4 heteroatoms. The molecular weight excluding hydrogens is 214 g/mol. The van der Waals surface area contributed by atoms with Gasteiger partial charge in [-0.1, -0.05) is 12.1 Å². The van der Waals surface area contributed by atoms with Crippen molar-refractivity contribution in [3.05, 3.63) is 35.9 Å². The first-order valence-electron chi connectivity index (χ1n) is 5.44. The van der Waals surface area contributed by atoms with Crippen LogP contribution in [0.25, 0.3) is 22.4 Å². The Bertz CT molecular complexity index is 694. The van der Waals surface area contributed by atoms with Gasteiger partial charge < -0.3 is 10.2 Å². The molecular formula is C13H13N3O. The van der Waals surface area contributed by atoms with Crippen LogP contribution in [0, 0.1) is 6.92 Å². The number of aryl methyl sites for hydroxylation is 2. The SMILES string of the molecule is Cc1cccc2oc(-c3cc(N)nn3C)cc12. The lowest BCUT2D eigenvalue weighted by Crippen LogP contribution is -1.93. The highest BCUT2D eigenvalue weighted by molar-refractivity contribution is 5.85. The van der Waals surface area contributed by atoms with Gasteiger partial charge in [0.15, 0.2) is 5.76 Å². The van der Waals surface area contributed by atoms with E-state index >= 15 is 0 Å². The van der Waals surface area contributed by atoms with Crippen molar-refractivity contribution in [3.63, 3.8) is 0 Å². The van der Waals surface area contributed by atoms with Crippen LogP contribution < -0.4 is 5.73 Å². The van der Waals surface area contributed by atoms with Gasteiger partial charge in [0.25, 0.3) is 0 Å². The minimum absolute atomic E-state index is 0.500. The predicted molar refractivity (Wildman–Crippen MR) is 67.6 cm³/mol. The second-order valence-electron chi connectivity index (χ2n) is 4.18. The zero-order valence-electron chi connectivity index (χ0n) is 9.77. The number of furan rings is 1. The molecule has 0 radical (unpaired) electrons. The van der Waals surface area contributed by atoms with Gasteiger partial charge in [-0.3, -0.25) is 4.68 Å². The van der Waals surface area contributed by atoms with Gasteiger partial charge >= 0.3 is 0 Å². The van der Waals surface area contributed by atoms with Crippen molar-refractivity contribution in [2.24, 2.45) is 7.05 Å². The standard InChI is InChI=1S/C13H13N3O/c1-8-4-3-5-11-9(8)6-12(17-11)10-7-13(14)15-16(10)2/h3-7H,1-2H3,(H2,14,15). The number of anilines is 1. The quantitative estimate of drug-likeness (QED) is 0.695. The van der Waals surface area contributed by atoms with Gasteiger partial charge in [0.05, 0.1) is 0 Å². The highest BCUT2D eigenvalue weighted by Gasteiger charge is 2.11. The molecule has 0 aliphatic rings. The van der Waals surface area contributed by atoms with Crippen LogP contribution in [-0.2, 0) is 7.05 Å². The number of nitrogens with two attached hydrogens (primary N) is 1. The molecule has 3 rings (SSSR count).